The molecule has 2 rings (SSSR count). The first-order chi connectivity index (χ1) is 9.27. The predicted octanol–water partition coefficient (Wildman–Crippen LogP) is 2.13. The van der Waals surface area contributed by atoms with Crippen LogP contribution in [0.2, 0.25) is 0 Å². The minimum atomic E-state index is -0.347. The molecule has 0 aliphatic heterocycles. The van der Waals surface area contributed by atoms with E-state index in [4.69, 9.17) is 0 Å². The van der Waals surface area contributed by atoms with Crippen LogP contribution in [0.5, 0.6) is 0 Å². The van der Waals surface area contributed by atoms with Gasteiger partial charge in [-0.15, -0.1) is 5.10 Å². The fourth-order valence-electron chi connectivity index (χ4n) is 1.57. The first-order valence-corrected chi connectivity index (χ1v) is 6.56. The third-order valence-corrected chi connectivity index (χ3v) is 2.79. The first-order valence-electron chi connectivity index (χ1n) is 6.56. The van der Waals surface area contributed by atoms with Gasteiger partial charge in [-0.3, -0.25) is 14.6 Å². The number of nitrogens with zero attached hydrogens (tertiary/aromatic N) is 4. The van der Waals surface area contributed by atoms with E-state index < -0.39 is 0 Å². The van der Waals surface area contributed by atoms with Gasteiger partial charge in [0.1, 0.15) is 5.82 Å². The van der Waals surface area contributed by atoms with E-state index in [-0.39, 0.29) is 23.2 Å². The van der Waals surface area contributed by atoms with Gasteiger partial charge in [0.05, 0.1) is 11.9 Å². The van der Waals surface area contributed by atoms with Gasteiger partial charge in [-0.25, -0.2) is 4.98 Å². The van der Waals surface area contributed by atoms with Gasteiger partial charge in [0.25, 0.3) is 5.91 Å². The fraction of sp³-hybridized carbons (Fsp3) is 0.538. The molecule has 0 saturated carbocycles. The van der Waals surface area contributed by atoms with Crippen molar-refractivity contribution in [3.05, 3.63) is 24.0 Å². The third kappa shape index (κ3) is 3.04. The lowest BCUT2D eigenvalue weighted by atomic mass is 9.96. The van der Waals surface area contributed by atoms with Crippen molar-refractivity contribution in [2.24, 2.45) is 0 Å². The SMILES string of the molecule is CC(C)n1cc(NC(=O)c2n[nH]c(C(C)(C)C)n2)cn1. The lowest BCUT2D eigenvalue weighted by molar-refractivity contribution is 0.101. The summed E-state index contributed by atoms with van der Waals surface area (Å²) >= 11 is 0. The largest absolute Gasteiger partial charge is 0.316 e. The van der Waals surface area contributed by atoms with Crippen LogP contribution in [-0.4, -0.2) is 30.9 Å². The summed E-state index contributed by atoms with van der Waals surface area (Å²) in [4.78, 5) is 16.3. The van der Waals surface area contributed by atoms with E-state index in [1.807, 2.05) is 34.6 Å². The molecule has 0 aromatic carbocycles. The molecule has 20 heavy (non-hydrogen) atoms. The van der Waals surface area contributed by atoms with Crippen molar-refractivity contribution in [1.82, 2.24) is 25.0 Å². The van der Waals surface area contributed by atoms with Gasteiger partial charge in [-0.2, -0.15) is 5.10 Å². The van der Waals surface area contributed by atoms with Crippen molar-refractivity contribution in [3.63, 3.8) is 0 Å². The molecule has 1 amide bonds. The zero-order valence-electron chi connectivity index (χ0n) is 12.4. The Hall–Kier alpha value is -2.18. The van der Waals surface area contributed by atoms with E-state index in [1.165, 1.54) is 0 Å². The zero-order valence-corrected chi connectivity index (χ0v) is 12.4. The number of aromatic nitrogens is 5. The number of carbonyl (C=O) groups is 1. The van der Waals surface area contributed by atoms with Crippen molar-refractivity contribution >= 4 is 11.6 Å². The summed E-state index contributed by atoms with van der Waals surface area (Å²) in [6.45, 7) is 10.0. The molecular weight excluding hydrogens is 256 g/mol. The monoisotopic (exact) mass is 276 g/mol. The molecule has 0 fully saturated rings. The predicted molar refractivity (Wildman–Crippen MR) is 75.6 cm³/mol. The quantitative estimate of drug-likeness (QED) is 0.898. The normalized spacial score (nSPS) is 11.9. The van der Waals surface area contributed by atoms with Crippen LogP contribution >= 0.6 is 0 Å². The number of H-pyrrole nitrogens is 1. The minimum absolute atomic E-state index is 0.132. The first kappa shape index (κ1) is 14.2. The molecule has 2 N–H and O–H groups in total. The smallest absolute Gasteiger partial charge is 0.295 e. The van der Waals surface area contributed by atoms with Crippen LogP contribution in [0.4, 0.5) is 5.69 Å². The Morgan fingerprint density at radius 3 is 2.60 bits per heavy atom. The fourth-order valence-corrected chi connectivity index (χ4v) is 1.57. The van der Waals surface area contributed by atoms with Gasteiger partial charge in [-0.1, -0.05) is 20.8 Å². The van der Waals surface area contributed by atoms with Crippen LogP contribution in [0.1, 0.15) is 57.1 Å². The van der Waals surface area contributed by atoms with Gasteiger partial charge in [0.15, 0.2) is 0 Å². The zero-order chi connectivity index (χ0) is 14.9. The van der Waals surface area contributed by atoms with Gasteiger partial charge in [-0.05, 0) is 13.8 Å². The Labute approximate surface area is 117 Å². The third-order valence-electron chi connectivity index (χ3n) is 2.79. The molecule has 0 radical (unpaired) electrons. The summed E-state index contributed by atoms with van der Waals surface area (Å²) < 4.78 is 1.77. The molecule has 7 nitrogen and oxygen atoms in total. The van der Waals surface area contributed by atoms with E-state index in [2.05, 4.69) is 25.6 Å². The van der Waals surface area contributed by atoms with E-state index in [0.29, 0.717) is 11.5 Å². The second-order valence-corrected chi connectivity index (χ2v) is 6.01. The minimum Gasteiger partial charge on any atom is -0.316 e. The summed E-state index contributed by atoms with van der Waals surface area (Å²) in [5.41, 5.74) is 0.458. The average Bonchev–Trinajstić information content (AvgIpc) is 2.95. The van der Waals surface area contributed by atoms with Gasteiger partial charge < -0.3 is 5.32 Å². The molecule has 108 valence electrons. The number of carbonyl (C=O) groups excluding carboxylic acids is 1. The molecule has 0 aliphatic carbocycles. The number of amides is 1. The molecule has 0 atom stereocenters. The molecule has 7 heteroatoms. The van der Waals surface area contributed by atoms with Crippen molar-refractivity contribution in [2.75, 3.05) is 5.32 Å². The molecular formula is C13H20N6O. The maximum Gasteiger partial charge on any atom is 0.295 e. The Morgan fingerprint density at radius 1 is 1.40 bits per heavy atom. The van der Waals surface area contributed by atoms with Crippen molar-refractivity contribution < 1.29 is 4.79 Å². The number of nitrogens with one attached hydrogen (secondary N) is 2. The van der Waals surface area contributed by atoms with E-state index >= 15 is 0 Å². The highest BCUT2D eigenvalue weighted by molar-refractivity contribution is 6.01. The van der Waals surface area contributed by atoms with E-state index in [9.17, 15) is 4.79 Å². The Kier molecular flexibility index (Phi) is 3.61. The Morgan fingerprint density at radius 2 is 2.10 bits per heavy atom. The summed E-state index contributed by atoms with van der Waals surface area (Å²) in [5.74, 6) is 0.466. The summed E-state index contributed by atoms with van der Waals surface area (Å²) in [5, 5.41) is 13.6. The maximum absolute atomic E-state index is 12.0. The van der Waals surface area contributed by atoms with Crippen molar-refractivity contribution in [2.45, 2.75) is 46.1 Å². The second-order valence-electron chi connectivity index (χ2n) is 6.01. The van der Waals surface area contributed by atoms with Crippen LogP contribution in [-0.2, 0) is 5.41 Å². The van der Waals surface area contributed by atoms with Crippen molar-refractivity contribution in [3.8, 4) is 0 Å². The topological polar surface area (TPSA) is 88.5 Å². The molecule has 2 aromatic heterocycles. The number of hydrogen-bond acceptors (Lipinski definition) is 4. The van der Waals surface area contributed by atoms with E-state index in [0.717, 1.165) is 0 Å². The summed E-state index contributed by atoms with van der Waals surface area (Å²) in [6.07, 6.45) is 3.38. The molecule has 0 aliphatic rings. The summed E-state index contributed by atoms with van der Waals surface area (Å²) in [6, 6.07) is 0.247. The lowest BCUT2D eigenvalue weighted by Gasteiger charge is -2.12. The standard InChI is InChI=1S/C13H20N6O/c1-8(2)19-7-9(6-14-19)15-11(20)10-16-12(18-17-10)13(3,4)5/h6-8H,1-5H3,(H,15,20)(H,16,17,18). The van der Waals surface area contributed by atoms with Crippen LogP contribution in [0.3, 0.4) is 0 Å². The number of rotatable bonds is 3. The number of anilines is 1. The molecule has 2 heterocycles. The lowest BCUT2D eigenvalue weighted by Crippen LogP contribution is -2.16. The molecule has 2 aromatic rings. The Bertz CT molecular complexity index is 604. The Balaban J connectivity index is 2.10. The van der Waals surface area contributed by atoms with Crippen LogP contribution in [0.25, 0.3) is 0 Å². The average molecular weight is 276 g/mol. The van der Waals surface area contributed by atoms with Crippen LogP contribution in [0, 0.1) is 0 Å². The highest BCUT2D eigenvalue weighted by Crippen LogP contribution is 2.17. The highest BCUT2D eigenvalue weighted by atomic mass is 16.2. The molecule has 0 saturated heterocycles. The van der Waals surface area contributed by atoms with E-state index in [1.54, 1.807) is 17.1 Å². The van der Waals surface area contributed by atoms with Gasteiger partial charge in [0, 0.05) is 17.7 Å². The second kappa shape index (κ2) is 5.07. The van der Waals surface area contributed by atoms with Crippen LogP contribution in [0.15, 0.2) is 12.4 Å². The number of aromatic amines is 1. The maximum atomic E-state index is 12.0. The summed E-state index contributed by atoms with van der Waals surface area (Å²) in [7, 11) is 0. The van der Waals surface area contributed by atoms with Gasteiger partial charge in [0.2, 0.25) is 5.82 Å². The van der Waals surface area contributed by atoms with Gasteiger partial charge >= 0.3 is 0 Å². The molecule has 0 spiro atoms. The van der Waals surface area contributed by atoms with Crippen LogP contribution < -0.4 is 5.32 Å². The number of hydrogen-bond donors (Lipinski definition) is 2. The van der Waals surface area contributed by atoms with Crippen molar-refractivity contribution in [1.29, 1.82) is 0 Å². The highest BCUT2D eigenvalue weighted by Gasteiger charge is 2.21. The molecule has 0 bridgehead atoms. The molecule has 0 unspecified atom stereocenters.